The maximum absolute atomic E-state index is 10.8. The average Bonchev–Trinajstić information content (AvgIpc) is 2.31. The maximum Gasteiger partial charge on any atom is 0.317 e. The van der Waals surface area contributed by atoms with Crippen LogP contribution in [-0.4, -0.2) is 13.1 Å². The van der Waals surface area contributed by atoms with Crippen molar-refractivity contribution in [3.05, 3.63) is 35.4 Å². The van der Waals surface area contributed by atoms with Crippen LogP contribution in [0.3, 0.4) is 0 Å². The fourth-order valence-electron chi connectivity index (χ4n) is 1.17. The van der Waals surface area contributed by atoms with Crippen LogP contribution in [0.25, 0.3) is 0 Å². The number of carbonyl (C=O) groups excluding carboxylic acids is 1. The summed E-state index contributed by atoms with van der Waals surface area (Å²) in [5.74, 6) is 5.22. The fraction of sp³-hybridized carbons (Fsp3) is 0.231. The second-order valence-corrected chi connectivity index (χ2v) is 3.05. The van der Waals surface area contributed by atoms with Crippen molar-refractivity contribution >= 4 is 5.97 Å². The van der Waals surface area contributed by atoms with Gasteiger partial charge in [-0.05, 0) is 11.6 Å². The first-order chi connectivity index (χ1) is 7.77. The minimum atomic E-state index is -0.356. The molecular formula is C13H11NO2. The lowest BCUT2D eigenvalue weighted by Gasteiger charge is -1.97. The van der Waals surface area contributed by atoms with E-state index >= 15 is 0 Å². The number of esters is 1. The van der Waals surface area contributed by atoms with Crippen LogP contribution in [0.5, 0.6) is 0 Å². The zero-order valence-corrected chi connectivity index (χ0v) is 8.99. The topological polar surface area (TPSA) is 50.1 Å². The van der Waals surface area contributed by atoms with Crippen LogP contribution in [0.4, 0.5) is 0 Å². The highest BCUT2D eigenvalue weighted by atomic mass is 16.5. The molecule has 0 spiro atoms. The molecule has 3 heteroatoms. The van der Waals surface area contributed by atoms with E-state index in [0.29, 0.717) is 6.42 Å². The fourth-order valence-corrected chi connectivity index (χ4v) is 1.17. The van der Waals surface area contributed by atoms with E-state index in [-0.39, 0.29) is 12.4 Å². The Bertz CT molecular complexity index is 475. The molecule has 0 aliphatic carbocycles. The predicted molar refractivity (Wildman–Crippen MR) is 59.3 cm³/mol. The third-order valence-corrected chi connectivity index (χ3v) is 1.97. The molecule has 0 radical (unpaired) electrons. The molecule has 0 unspecified atom stereocenters. The Kier molecular flexibility index (Phi) is 4.63. The monoisotopic (exact) mass is 213 g/mol. The first-order valence-corrected chi connectivity index (χ1v) is 4.78. The zero-order chi connectivity index (χ0) is 11.8. The minimum Gasteiger partial charge on any atom is -0.468 e. The summed E-state index contributed by atoms with van der Waals surface area (Å²) >= 11 is 0. The van der Waals surface area contributed by atoms with Gasteiger partial charge in [-0.1, -0.05) is 30.0 Å². The van der Waals surface area contributed by atoms with Crippen LogP contribution >= 0.6 is 0 Å². The first-order valence-electron chi connectivity index (χ1n) is 4.78. The van der Waals surface area contributed by atoms with Crippen LogP contribution in [0.15, 0.2) is 24.3 Å². The van der Waals surface area contributed by atoms with Gasteiger partial charge in [-0.15, -0.1) is 0 Å². The van der Waals surface area contributed by atoms with E-state index in [1.54, 1.807) is 0 Å². The van der Waals surface area contributed by atoms with E-state index in [9.17, 15) is 4.79 Å². The molecule has 0 saturated heterocycles. The van der Waals surface area contributed by atoms with Gasteiger partial charge in [-0.2, -0.15) is 5.26 Å². The lowest BCUT2D eigenvalue weighted by atomic mass is 10.1. The summed E-state index contributed by atoms with van der Waals surface area (Å²) in [6.45, 7) is 0. The molecule has 16 heavy (non-hydrogen) atoms. The number of rotatable bonds is 2. The SMILES string of the molecule is COC(=O)CC#Cc1ccccc1CC#N. The highest BCUT2D eigenvalue weighted by Crippen LogP contribution is 2.07. The molecule has 1 aromatic rings. The summed E-state index contributed by atoms with van der Waals surface area (Å²) < 4.78 is 4.47. The Labute approximate surface area is 94.7 Å². The van der Waals surface area contributed by atoms with Crippen molar-refractivity contribution in [3.8, 4) is 17.9 Å². The second-order valence-electron chi connectivity index (χ2n) is 3.05. The Balaban J connectivity index is 2.80. The molecule has 1 aromatic carbocycles. The molecule has 0 heterocycles. The van der Waals surface area contributed by atoms with Gasteiger partial charge in [-0.3, -0.25) is 4.79 Å². The van der Waals surface area contributed by atoms with Crippen molar-refractivity contribution in [2.45, 2.75) is 12.8 Å². The molecule has 0 N–H and O–H groups in total. The molecule has 3 nitrogen and oxygen atoms in total. The summed E-state index contributed by atoms with van der Waals surface area (Å²) in [6.07, 6.45) is 0.389. The Morgan fingerprint density at radius 2 is 2.19 bits per heavy atom. The van der Waals surface area contributed by atoms with Crippen molar-refractivity contribution in [2.24, 2.45) is 0 Å². The van der Waals surface area contributed by atoms with Gasteiger partial charge in [0.25, 0.3) is 0 Å². The van der Waals surface area contributed by atoms with E-state index in [0.717, 1.165) is 11.1 Å². The number of benzene rings is 1. The number of nitrogens with zero attached hydrogens (tertiary/aromatic N) is 1. The maximum atomic E-state index is 10.8. The molecule has 1 rings (SSSR count). The van der Waals surface area contributed by atoms with Gasteiger partial charge in [0.2, 0.25) is 0 Å². The van der Waals surface area contributed by atoms with Crippen molar-refractivity contribution in [3.63, 3.8) is 0 Å². The van der Waals surface area contributed by atoms with E-state index in [1.165, 1.54) is 7.11 Å². The van der Waals surface area contributed by atoms with Crippen LogP contribution < -0.4 is 0 Å². The van der Waals surface area contributed by atoms with Gasteiger partial charge < -0.3 is 4.74 Å². The van der Waals surface area contributed by atoms with Crippen LogP contribution in [0, 0.1) is 23.2 Å². The molecule has 0 aliphatic rings. The quantitative estimate of drug-likeness (QED) is 0.554. The standard InChI is InChI=1S/C13H11NO2/c1-16-13(15)8-4-7-11-5-2-3-6-12(11)9-10-14/h2-3,5-6H,8-9H2,1H3. The average molecular weight is 213 g/mol. The van der Waals surface area contributed by atoms with E-state index < -0.39 is 0 Å². The third-order valence-electron chi connectivity index (χ3n) is 1.97. The molecule has 0 saturated carbocycles. The predicted octanol–water partition coefficient (Wildman–Crippen LogP) is 1.67. The highest BCUT2D eigenvalue weighted by Gasteiger charge is 1.98. The van der Waals surface area contributed by atoms with E-state index in [1.807, 2.05) is 24.3 Å². The van der Waals surface area contributed by atoms with E-state index in [2.05, 4.69) is 22.6 Å². The summed E-state index contributed by atoms with van der Waals surface area (Å²) in [5, 5.41) is 8.62. The third kappa shape index (κ3) is 3.48. The van der Waals surface area contributed by atoms with Crippen molar-refractivity contribution < 1.29 is 9.53 Å². The van der Waals surface area contributed by atoms with Crippen LogP contribution in [-0.2, 0) is 16.0 Å². The number of ether oxygens (including phenoxy) is 1. The van der Waals surface area contributed by atoms with Gasteiger partial charge in [0.05, 0.1) is 19.6 Å². The number of hydrogen-bond donors (Lipinski definition) is 0. The molecule has 0 aromatic heterocycles. The van der Waals surface area contributed by atoms with Gasteiger partial charge in [0.1, 0.15) is 6.42 Å². The lowest BCUT2D eigenvalue weighted by Crippen LogP contribution is -1.97. The zero-order valence-electron chi connectivity index (χ0n) is 8.99. The Morgan fingerprint density at radius 1 is 1.44 bits per heavy atom. The Morgan fingerprint density at radius 3 is 2.88 bits per heavy atom. The summed E-state index contributed by atoms with van der Waals surface area (Å²) in [4.78, 5) is 10.8. The molecule has 0 bridgehead atoms. The molecule has 0 fully saturated rings. The smallest absolute Gasteiger partial charge is 0.317 e. The van der Waals surface area contributed by atoms with Gasteiger partial charge in [-0.25, -0.2) is 0 Å². The molecule has 0 atom stereocenters. The van der Waals surface area contributed by atoms with Crippen molar-refractivity contribution in [1.82, 2.24) is 0 Å². The Hall–Kier alpha value is -2.26. The van der Waals surface area contributed by atoms with Crippen molar-refractivity contribution in [2.75, 3.05) is 7.11 Å². The van der Waals surface area contributed by atoms with Crippen LogP contribution in [0.2, 0.25) is 0 Å². The molecule has 0 amide bonds. The molecular weight excluding hydrogens is 202 g/mol. The summed E-state index contributed by atoms with van der Waals surface area (Å²) in [5.41, 5.74) is 1.66. The van der Waals surface area contributed by atoms with Crippen LogP contribution in [0.1, 0.15) is 17.5 Å². The second kappa shape index (κ2) is 6.27. The summed E-state index contributed by atoms with van der Waals surface area (Å²) in [7, 11) is 1.33. The van der Waals surface area contributed by atoms with Gasteiger partial charge in [0.15, 0.2) is 0 Å². The minimum absolute atomic E-state index is 0.0669. The van der Waals surface area contributed by atoms with E-state index in [4.69, 9.17) is 5.26 Å². The number of methoxy groups -OCH3 is 1. The normalized spacial score (nSPS) is 8.50. The number of nitriles is 1. The number of hydrogen-bond acceptors (Lipinski definition) is 3. The molecule has 80 valence electrons. The van der Waals surface area contributed by atoms with Gasteiger partial charge in [0, 0.05) is 5.56 Å². The highest BCUT2D eigenvalue weighted by molar-refractivity contribution is 5.72. The molecule has 0 aliphatic heterocycles. The lowest BCUT2D eigenvalue weighted by molar-refractivity contribution is -0.139. The first kappa shape index (κ1) is 11.8. The number of carbonyl (C=O) groups is 1. The summed E-state index contributed by atoms with van der Waals surface area (Å²) in [6, 6.07) is 9.47. The van der Waals surface area contributed by atoms with Crippen molar-refractivity contribution in [1.29, 1.82) is 5.26 Å². The van der Waals surface area contributed by atoms with Gasteiger partial charge >= 0.3 is 5.97 Å². The largest absolute Gasteiger partial charge is 0.468 e.